The lowest BCUT2D eigenvalue weighted by atomic mass is 10.2. The predicted molar refractivity (Wildman–Crippen MR) is 66.7 cm³/mol. The highest BCUT2D eigenvalue weighted by molar-refractivity contribution is 7.90. The first kappa shape index (κ1) is 14.4. The van der Waals surface area contributed by atoms with Crippen LogP contribution in [0.25, 0.3) is 0 Å². The summed E-state index contributed by atoms with van der Waals surface area (Å²) in [5, 5.41) is 0.581. The van der Waals surface area contributed by atoms with Gasteiger partial charge in [-0.1, -0.05) is 23.7 Å². The SMILES string of the molecule is COC(CS(=O)(=O)Cc1ccc(Cl)cc1)OC. The van der Waals surface area contributed by atoms with Crippen molar-refractivity contribution in [2.75, 3.05) is 20.0 Å². The van der Waals surface area contributed by atoms with E-state index in [0.29, 0.717) is 10.6 Å². The lowest BCUT2D eigenvalue weighted by molar-refractivity contribution is -0.0852. The number of halogens is 1. The molecule has 0 unspecified atom stereocenters. The van der Waals surface area contributed by atoms with Gasteiger partial charge in [-0.2, -0.15) is 0 Å². The van der Waals surface area contributed by atoms with Crippen LogP contribution in [0, 0.1) is 0 Å². The van der Waals surface area contributed by atoms with Crippen LogP contribution in [0.3, 0.4) is 0 Å². The Morgan fingerprint density at radius 2 is 1.71 bits per heavy atom. The molecular weight excluding hydrogens is 264 g/mol. The van der Waals surface area contributed by atoms with Crippen molar-refractivity contribution in [3.63, 3.8) is 0 Å². The number of benzene rings is 1. The van der Waals surface area contributed by atoms with Crippen LogP contribution < -0.4 is 0 Å². The highest BCUT2D eigenvalue weighted by Gasteiger charge is 2.19. The number of hydrogen-bond donors (Lipinski definition) is 0. The molecule has 1 aromatic carbocycles. The summed E-state index contributed by atoms with van der Waals surface area (Å²) in [5.74, 6) is -0.212. The van der Waals surface area contributed by atoms with Gasteiger partial charge in [-0.3, -0.25) is 0 Å². The summed E-state index contributed by atoms with van der Waals surface area (Å²) in [6.45, 7) is 0. The van der Waals surface area contributed by atoms with E-state index < -0.39 is 16.1 Å². The fraction of sp³-hybridized carbons (Fsp3) is 0.455. The second-order valence-electron chi connectivity index (χ2n) is 3.58. The van der Waals surface area contributed by atoms with Gasteiger partial charge in [0.05, 0.1) is 5.75 Å². The van der Waals surface area contributed by atoms with Gasteiger partial charge >= 0.3 is 0 Å². The average Bonchev–Trinajstić information content (AvgIpc) is 2.29. The summed E-state index contributed by atoms with van der Waals surface area (Å²) in [7, 11) is -0.447. The number of hydrogen-bond acceptors (Lipinski definition) is 4. The standard InChI is InChI=1S/C11H15ClO4S/c1-15-11(16-2)8-17(13,14)7-9-3-5-10(12)6-4-9/h3-6,11H,7-8H2,1-2H3. The molecule has 0 fully saturated rings. The van der Waals surface area contributed by atoms with E-state index in [2.05, 4.69) is 0 Å². The van der Waals surface area contributed by atoms with Crippen molar-refractivity contribution in [1.82, 2.24) is 0 Å². The molecule has 0 aromatic heterocycles. The third-order valence-corrected chi connectivity index (χ3v) is 4.02. The molecule has 0 aliphatic carbocycles. The topological polar surface area (TPSA) is 52.6 Å². The average molecular weight is 279 g/mol. The van der Waals surface area contributed by atoms with Gasteiger partial charge in [0, 0.05) is 19.2 Å². The molecule has 0 bridgehead atoms. The van der Waals surface area contributed by atoms with E-state index in [9.17, 15) is 8.42 Å². The Morgan fingerprint density at radius 1 is 1.18 bits per heavy atom. The van der Waals surface area contributed by atoms with Gasteiger partial charge in [-0.05, 0) is 17.7 Å². The fourth-order valence-electron chi connectivity index (χ4n) is 1.33. The van der Waals surface area contributed by atoms with Crippen LogP contribution in [0.1, 0.15) is 5.56 Å². The summed E-state index contributed by atoms with van der Waals surface area (Å²) < 4.78 is 33.4. The predicted octanol–water partition coefficient (Wildman–Crippen LogP) is 1.87. The maximum absolute atomic E-state index is 11.8. The molecule has 17 heavy (non-hydrogen) atoms. The molecular formula is C11H15ClO4S. The van der Waals surface area contributed by atoms with Crippen LogP contribution in [-0.4, -0.2) is 34.7 Å². The molecule has 6 heteroatoms. The van der Waals surface area contributed by atoms with Crippen molar-refractivity contribution in [1.29, 1.82) is 0 Å². The summed E-state index contributed by atoms with van der Waals surface area (Å²) >= 11 is 5.72. The van der Waals surface area contributed by atoms with Crippen LogP contribution >= 0.6 is 11.6 Å². The summed E-state index contributed by atoms with van der Waals surface area (Å²) in [6.07, 6.45) is -0.729. The van der Waals surface area contributed by atoms with Crippen LogP contribution in [0.4, 0.5) is 0 Å². The Balaban J connectivity index is 2.69. The number of rotatable bonds is 6. The second-order valence-corrected chi connectivity index (χ2v) is 6.13. The maximum Gasteiger partial charge on any atom is 0.170 e. The van der Waals surface area contributed by atoms with Crippen molar-refractivity contribution < 1.29 is 17.9 Å². The summed E-state index contributed by atoms with van der Waals surface area (Å²) in [4.78, 5) is 0. The minimum Gasteiger partial charge on any atom is -0.355 e. The molecule has 0 saturated heterocycles. The molecule has 0 radical (unpaired) electrons. The zero-order valence-corrected chi connectivity index (χ0v) is 11.3. The maximum atomic E-state index is 11.8. The Bertz CT molecular complexity index is 437. The molecule has 0 amide bonds. The molecule has 0 atom stereocenters. The van der Waals surface area contributed by atoms with E-state index in [4.69, 9.17) is 21.1 Å². The van der Waals surface area contributed by atoms with Gasteiger partial charge in [0.2, 0.25) is 0 Å². The summed E-state index contributed by atoms with van der Waals surface area (Å²) in [6, 6.07) is 6.70. The van der Waals surface area contributed by atoms with Gasteiger partial charge < -0.3 is 9.47 Å². The van der Waals surface area contributed by atoms with Gasteiger partial charge in [0.15, 0.2) is 16.1 Å². The lowest BCUT2D eigenvalue weighted by Crippen LogP contribution is -2.25. The zero-order valence-electron chi connectivity index (χ0n) is 9.72. The van der Waals surface area contributed by atoms with Crippen LogP contribution in [0.15, 0.2) is 24.3 Å². The molecule has 0 saturated carbocycles. The number of methoxy groups -OCH3 is 2. The molecule has 0 aliphatic rings. The lowest BCUT2D eigenvalue weighted by Gasteiger charge is -2.13. The minimum absolute atomic E-state index is 0.0482. The van der Waals surface area contributed by atoms with E-state index in [1.54, 1.807) is 24.3 Å². The molecule has 4 nitrogen and oxygen atoms in total. The second kappa shape index (κ2) is 6.35. The molecule has 0 aliphatic heterocycles. The van der Waals surface area contributed by atoms with Crippen LogP contribution in [0.5, 0.6) is 0 Å². The Morgan fingerprint density at radius 3 is 2.18 bits per heavy atom. The Kier molecular flexibility index (Phi) is 5.39. The van der Waals surface area contributed by atoms with E-state index in [1.807, 2.05) is 0 Å². The van der Waals surface area contributed by atoms with E-state index in [0.717, 1.165) is 0 Å². The van der Waals surface area contributed by atoms with Crippen LogP contribution in [0.2, 0.25) is 5.02 Å². The fourth-order valence-corrected chi connectivity index (χ4v) is 2.96. The molecule has 0 spiro atoms. The van der Waals surface area contributed by atoms with E-state index >= 15 is 0 Å². The van der Waals surface area contributed by atoms with E-state index in [1.165, 1.54) is 14.2 Å². The summed E-state index contributed by atoms with van der Waals surface area (Å²) in [5.41, 5.74) is 0.695. The Hall–Kier alpha value is -0.620. The van der Waals surface area contributed by atoms with Crippen molar-refractivity contribution in [2.45, 2.75) is 12.0 Å². The van der Waals surface area contributed by atoms with Crippen molar-refractivity contribution >= 4 is 21.4 Å². The first-order chi connectivity index (χ1) is 7.96. The quantitative estimate of drug-likeness (QED) is 0.746. The largest absolute Gasteiger partial charge is 0.355 e. The highest BCUT2D eigenvalue weighted by Crippen LogP contribution is 2.13. The monoisotopic (exact) mass is 278 g/mol. The molecule has 96 valence electrons. The smallest absolute Gasteiger partial charge is 0.170 e. The third kappa shape index (κ3) is 5.04. The molecule has 1 aromatic rings. The molecule has 0 N–H and O–H groups in total. The van der Waals surface area contributed by atoms with Gasteiger partial charge in [0.25, 0.3) is 0 Å². The van der Waals surface area contributed by atoms with Gasteiger partial charge in [-0.25, -0.2) is 8.42 Å². The number of ether oxygens (including phenoxy) is 2. The normalized spacial score (nSPS) is 12.0. The molecule has 1 rings (SSSR count). The van der Waals surface area contributed by atoms with Gasteiger partial charge in [-0.15, -0.1) is 0 Å². The van der Waals surface area contributed by atoms with Gasteiger partial charge in [0.1, 0.15) is 5.75 Å². The highest BCUT2D eigenvalue weighted by atomic mass is 35.5. The van der Waals surface area contributed by atoms with Crippen molar-refractivity contribution in [3.05, 3.63) is 34.9 Å². The van der Waals surface area contributed by atoms with Crippen molar-refractivity contribution in [2.24, 2.45) is 0 Å². The molecule has 0 heterocycles. The first-order valence-electron chi connectivity index (χ1n) is 4.97. The first-order valence-corrected chi connectivity index (χ1v) is 7.17. The third-order valence-electron chi connectivity index (χ3n) is 2.22. The number of sulfone groups is 1. The Labute approximate surface area is 106 Å². The minimum atomic E-state index is -3.26. The van der Waals surface area contributed by atoms with Crippen LogP contribution in [-0.2, 0) is 25.1 Å². The van der Waals surface area contributed by atoms with E-state index in [-0.39, 0.29) is 11.5 Å². The zero-order chi connectivity index (χ0) is 12.9. The van der Waals surface area contributed by atoms with Crippen molar-refractivity contribution in [3.8, 4) is 0 Å².